The molecule has 0 amide bonds. The number of hydrogen-bond acceptors (Lipinski definition) is 3. The molecule has 14 heavy (non-hydrogen) atoms. The van der Waals surface area contributed by atoms with Gasteiger partial charge in [0.15, 0.2) is 0 Å². The molecule has 5 nitrogen and oxygen atoms in total. The molecular weight excluding hydrogens is 188 g/mol. The Balaban J connectivity index is 0. The zero-order chi connectivity index (χ0) is 11.4. The molecule has 80 valence electrons. The highest BCUT2D eigenvalue weighted by molar-refractivity contribution is 5.89. The van der Waals surface area contributed by atoms with Crippen molar-refractivity contribution in [3.63, 3.8) is 0 Å². The van der Waals surface area contributed by atoms with Gasteiger partial charge in [0.2, 0.25) is 0 Å². The summed E-state index contributed by atoms with van der Waals surface area (Å²) >= 11 is 0. The van der Waals surface area contributed by atoms with Crippen molar-refractivity contribution in [2.45, 2.75) is 13.3 Å². The van der Waals surface area contributed by atoms with E-state index in [1.54, 1.807) is 0 Å². The smallest absolute Gasteiger partial charge is 0.328 e. The summed E-state index contributed by atoms with van der Waals surface area (Å²) in [6.07, 6.45) is 3.64. The van der Waals surface area contributed by atoms with Gasteiger partial charge in [0.05, 0.1) is 12.9 Å². The molecule has 0 bridgehead atoms. The second kappa shape index (κ2) is 11.2. The van der Waals surface area contributed by atoms with Gasteiger partial charge >= 0.3 is 11.9 Å². The molecule has 0 radical (unpaired) electrons. The van der Waals surface area contributed by atoms with Gasteiger partial charge in [-0.2, -0.15) is 0 Å². The van der Waals surface area contributed by atoms with Crippen molar-refractivity contribution in [3.05, 3.63) is 25.0 Å². The van der Waals surface area contributed by atoms with Crippen molar-refractivity contribution in [1.29, 1.82) is 0 Å². The highest BCUT2D eigenvalue weighted by atomic mass is 16.5. The van der Waals surface area contributed by atoms with Gasteiger partial charge < -0.3 is 14.9 Å². The Bertz CT molecular complexity index is 191. The van der Waals surface area contributed by atoms with Crippen LogP contribution in [0, 0.1) is 0 Å². The van der Waals surface area contributed by atoms with E-state index in [1.807, 2.05) is 0 Å². The van der Waals surface area contributed by atoms with Crippen molar-refractivity contribution in [2.75, 3.05) is 6.61 Å². The van der Waals surface area contributed by atoms with E-state index in [0.717, 1.165) is 13.0 Å². The van der Waals surface area contributed by atoms with Gasteiger partial charge in [-0.05, 0) is 6.42 Å². The highest BCUT2D eigenvalue weighted by Crippen LogP contribution is 1.76. The van der Waals surface area contributed by atoms with Crippen LogP contribution in [-0.2, 0) is 14.3 Å². The molecule has 0 aliphatic heterocycles. The lowest BCUT2D eigenvalue weighted by molar-refractivity contribution is -0.134. The minimum atomic E-state index is -1.26. The van der Waals surface area contributed by atoms with Gasteiger partial charge in [0, 0.05) is 12.2 Å². The number of rotatable bonds is 5. The normalized spacial score (nSPS) is 8.64. The quantitative estimate of drug-likeness (QED) is 0.398. The molecule has 0 unspecified atom stereocenters. The van der Waals surface area contributed by atoms with Crippen LogP contribution >= 0.6 is 0 Å². The summed E-state index contributed by atoms with van der Waals surface area (Å²) in [5.74, 6) is -2.51. The third-order valence-electron chi connectivity index (χ3n) is 0.808. The fourth-order valence-corrected chi connectivity index (χ4v) is 0.344. The van der Waals surface area contributed by atoms with E-state index in [1.165, 1.54) is 6.26 Å². The van der Waals surface area contributed by atoms with E-state index < -0.39 is 11.9 Å². The zero-order valence-electron chi connectivity index (χ0n) is 7.97. The lowest BCUT2D eigenvalue weighted by Gasteiger charge is -1.90. The fraction of sp³-hybridized carbons (Fsp3) is 0.333. The van der Waals surface area contributed by atoms with Gasteiger partial charge in [-0.15, -0.1) is 0 Å². The first-order chi connectivity index (χ1) is 6.54. The lowest BCUT2D eigenvalue weighted by Crippen LogP contribution is -1.91. The van der Waals surface area contributed by atoms with Crippen molar-refractivity contribution < 1.29 is 24.5 Å². The van der Waals surface area contributed by atoms with Gasteiger partial charge in [0.1, 0.15) is 0 Å². The Morgan fingerprint density at radius 2 is 1.71 bits per heavy atom. The summed E-state index contributed by atoms with van der Waals surface area (Å²) in [5, 5.41) is 15.6. The van der Waals surface area contributed by atoms with Crippen molar-refractivity contribution in [2.24, 2.45) is 0 Å². The number of aliphatic carboxylic acids is 2. The Labute approximate surface area is 82.3 Å². The molecule has 5 heteroatoms. The van der Waals surface area contributed by atoms with Crippen LogP contribution in [0.25, 0.3) is 0 Å². The van der Waals surface area contributed by atoms with Crippen molar-refractivity contribution >= 4 is 11.9 Å². The van der Waals surface area contributed by atoms with E-state index in [4.69, 9.17) is 14.9 Å². The average Bonchev–Trinajstić information content (AvgIpc) is 2.12. The molecule has 0 aromatic rings. The Kier molecular flexibility index (Phi) is 11.8. The molecular formula is C9H14O5. The molecule has 0 saturated heterocycles. The molecule has 0 spiro atoms. The van der Waals surface area contributed by atoms with Crippen molar-refractivity contribution in [3.8, 4) is 0 Å². The lowest BCUT2D eigenvalue weighted by atomic mass is 10.5. The van der Waals surface area contributed by atoms with E-state index in [0.29, 0.717) is 12.2 Å². The molecule has 0 aliphatic carbocycles. The number of carbonyl (C=O) groups is 2. The Morgan fingerprint density at radius 1 is 1.29 bits per heavy atom. The predicted octanol–water partition coefficient (Wildman–Crippen LogP) is 1.27. The number of carboxylic acid groups (broad SMARTS) is 2. The molecule has 0 aliphatic rings. The van der Waals surface area contributed by atoms with Crippen LogP contribution in [0.5, 0.6) is 0 Å². The van der Waals surface area contributed by atoms with Gasteiger partial charge in [-0.25, -0.2) is 9.59 Å². The first-order valence-corrected chi connectivity index (χ1v) is 3.91. The summed E-state index contributed by atoms with van der Waals surface area (Å²) in [5.41, 5.74) is 0. The topological polar surface area (TPSA) is 83.8 Å². The van der Waals surface area contributed by atoms with Gasteiger partial charge in [0.25, 0.3) is 0 Å². The highest BCUT2D eigenvalue weighted by Gasteiger charge is 1.88. The molecule has 0 rings (SSSR count). The molecule has 0 fully saturated rings. The molecule has 0 heterocycles. The third-order valence-corrected chi connectivity index (χ3v) is 0.808. The number of hydrogen-bond donors (Lipinski definition) is 2. The maximum atomic E-state index is 9.55. The maximum absolute atomic E-state index is 9.55. The first kappa shape index (κ1) is 14.7. The summed E-state index contributed by atoms with van der Waals surface area (Å²) in [6.45, 7) is 6.23. The third kappa shape index (κ3) is 22.5. The van der Waals surface area contributed by atoms with E-state index in [-0.39, 0.29) is 0 Å². The van der Waals surface area contributed by atoms with Crippen LogP contribution in [0.1, 0.15) is 13.3 Å². The molecule has 0 saturated carbocycles. The minimum Gasteiger partial charge on any atom is -0.502 e. The first-order valence-electron chi connectivity index (χ1n) is 3.91. The second-order valence-corrected chi connectivity index (χ2v) is 2.05. The van der Waals surface area contributed by atoms with Crippen molar-refractivity contribution in [1.82, 2.24) is 0 Å². The summed E-state index contributed by atoms with van der Waals surface area (Å²) in [4.78, 5) is 19.1. The molecule has 2 N–H and O–H groups in total. The van der Waals surface area contributed by atoms with Crippen LogP contribution in [0.2, 0.25) is 0 Å². The summed E-state index contributed by atoms with van der Waals surface area (Å²) in [7, 11) is 0. The molecule has 0 atom stereocenters. The Hall–Kier alpha value is -1.78. The monoisotopic (exact) mass is 202 g/mol. The Morgan fingerprint density at radius 3 is 1.86 bits per heavy atom. The number of carboxylic acids is 2. The van der Waals surface area contributed by atoms with Gasteiger partial charge in [-0.3, -0.25) is 0 Å². The van der Waals surface area contributed by atoms with E-state index >= 15 is 0 Å². The fourth-order valence-electron chi connectivity index (χ4n) is 0.344. The van der Waals surface area contributed by atoms with E-state index in [2.05, 4.69) is 13.5 Å². The predicted molar refractivity (Wildman–Crippen MR) is 50.9 cm³/mol. The summed E-state index contributed by atoms with van der Waals surface area (Å²) in [6, 6.07) is 0. The van der Waals surface area contributed by atoms with E-state index in [9.17, 15) is 9.59 Å². The maximum Gasteiger partial charge on any atom is 0.328 e. The molecule has 0 aromatic heterocycles. The SMILES string of the molecule is C=COCCC.O=C(O)C=CC(=O)O. The zero-order valence-corrected chi connectivity index (χ0v) is 7.97. The largest absolute Gasteiger partial charge is 0.502 e. The van der Waals surface area contributed by atoms with Crippen LogP contribution in [0.3, 0.4) is 0 Å². The average molecular weight is 202 g/mol. The summed E-state index contributed by atoms with van der Waals surface area (Å²) < 4.78 is 4.75. The van der Waals surface area contributed by atoms with Crippen LogP contribution < -0.4 is 0 Å². The number of ether oxygens (including phenoxy) is 1. The van der Waals surface area contributed by atoms with Gasteiger partial charge in [-0.1, -0.05) is 13.5 Å². The van der Waals surface area contributed by atoms with Crippen LogP contribution in [0.4, 0.5) is 0 Å². The van der Waals surface area contributed by atoms with Crippen LogP contribution in [0.15, 0.2) is 25.0 Å². The standard InChI is InChI=1S/C5H10O.C4H4O4/c1-3-5-6-4-2;5-3(6)1-2-4(7)8/h4H,2-3,5H2,1H3;1-2H,(H,5,6)(H,7,8). The second-order valence-electron chi connectivity index (χ2n) is 2.05. The minimum absolute atomic E-state index is 0.558. The molecule has 0 aromatic carbocycles. The van der Waals surface area contributed by atoms with Crippen LogP contribution in [-0.4, -0.2) is 28.8 Å².